The van der Waals surface area contributed by atoms with Crippen molar-refractivity contribution in [3.63, 3.8) is 0 Å². The van der Waals surface area contributed by atoms with E-state index in [4.69, 9.17) is 0 Å². The summed E-state index contributed by atoms with van der Waals surface area (Å²) < 4.78 is 1.09. The molecular weight excluding hydrogens is 278 g/mol. The molecule has 0 aliphatic rings. The van der Waals surface area contributed by atoms with Gasteiger partial charge in [-0.1, -0.05) is 13.8 Å². The van der Waals surface area contributed by atoms with Gasteiger partial charge in [0.25, 0.3) is 0 Å². The van der Waals surface area contributed by atoms with E-state index in [1.165, 1.54) is 0 Å². The third kappa shape index (κ3) is 6.15. The van der Waals surface area contributed by atoms with Crippen LogP contribution >= 0.6 is 15.9 Å². The number of rotatable bonds is 7. The molecule has 1 heterocycles. The van der Waals surface area contributed by atoms with Gasteiger partial charge in [-0.25, -0.2) is 0 Å². The molecule has 0 unspecified atom stereocenters. The van der Waals surface area contributed by atoms with Gasteiger partial charge in [-0.3, -0.25) is 9.88 Å². The van der Waals surface area contributed by atoms with E-state index in [-0.39, 0.29) is 0 Å². The number of hydrogen-bond donors (Lipinski definition) is 1. The molecule has 0 saturated carbocycles. The molecule has 0 aromatic carbocycles. The molecule has 0 fully saturated rings. The van der Waals surface area contributed by atoms with Gasteiger partial charge >= 0.3 is 0 Å². The minimum Gasteiger partial charge on any atom is -0.315 e. The smallest absolute Gasteiger partial charge is 0.0685 e. The molecule has 0 aliphatic heterocycles. The number of likely N-dealkylation sites (N-methyl/N-ethyl adjacent to an activating group) is 1. The fraction of sp³-hybridized carbons (Fsp3) is 0.615. The van der Waals surface area contributed by atoms with Crippen molar-refractivity contribution >= 4 is 15.9 Å². The first-order chi connectivity index (χ1) is 8.09. The van der Waals surface area contributed by atoms with Crippen molar-refractivity contribution in [1.82, 2.24) is 15.2 Å². The highest BCUT2D eigenvalue weighted by Gasteiger charge is 2.04. The highest BCUT2D eigenvalue weighted by atomic mass is 79.9. The van der Waals surface area contributed by atoms with E-state index < -0.39 is 0 Å². The summed E-state index contributed by atoms with van der Waals surface area (Å²) in [6, 6.07) is 3.98. The van der Waals surface area contributed by atoms with Gasteiger partial charge in [-0.05, 0) is 47.6 Å². The lowest BCUT2D eigenvalue weighted by Gasteiger charge is -2.17. The summed E-state index contributed by atoms with van der Waals surface area (Å²) in [6.07, 6.45) is 1.84. The molecule has 0 spiro atoms. The molecule has 0 atom stereocenters. The lowest BCUT2D eigenvalue weighted by atomic mass is 10.2. The fourth-order valence-corrected chi connectivity index (χ4v) is 1.91. The van der Waals surface area contributed by atoms with Crippen LogP contribution in [0.3, 0.4) is 0 Å². The van der Waals surface area contributed by atoms with E-state index in [1.807, 2.05) is 18.3 Å². The second-order valence-corrected chi connectivity index (χ2v) is 5.62. The summed E-state index contributed by atoms with van der Waals surface area (Å²) in [4.78, 5) is 6.64. The molecule has 17 heavy (non-hydrogen) atoms. The molecule has 0 radical (unpaired) electrons. The Hall–Kier alpha value is -0.450. The molecule has 0 amide bonds. The van der Waals surface area contributed by atoms with Crippen LogP contribution in [0.2, 0.25) is 0 Å². The molecule has 0 aliphatic carbocycles. The summed E-state index contributed by atoms with van der Waals surface area (Å²) in [7, 11) is 2.12. The maximum atomic E-state index is 4.37. The number of nitrogens with zero attached hydrogens (tertiary/aromatic N) is 2. The zero-order chi connectivity index (χ0) is 12.7. The molecule has 3 nitrogen and oxygen atoms in total. The third-order valence-electron chi connectivity index (χ3n) is 2.48. The number of aromatic nitrogens is 1. The Morgan fingerprint density at radius 3 is 2.88 bits per heavy atom. The summed E-state index contributed by atoms with van der Waals surface area (Å²) in [6.45, 7) is 8.48. The largest absolute Gasteiger partial charge is 0.315 e. The van der Waals surface area contributed by atoms with E-state index in [9.17, 15) is 0 Å². The first-order valence-corrected chi connectivity index (χ1v) is 6.87. The van der Waals surface area contributed by atoms with E-state index in [1.54, 1.807) is 0 Å². The van der Waals surface area contributed by atoms with Crippen molar-refractivity contribution in [2.45, 2.75) is 20.4 Å². The lowest BCUT2D eigenvalue weighted by molar-refractivity contribution is 0.317. The fourth-order valence-electron chi connectivity index (χ4n) is 1.53. The molecule has 1 aromatic heterocycles. The van der Waals surface area contributed by atoms with Crippen LogP contribution < -0.4 is 5.32 Å². The van der Waals surface area contributed by atoms with Gasteiger partial charge in [-0.2, -0.15) is 0 Å². The summed E-state index contributed by atoms with van der Waals surface area (Å²) in [5.41, 5.74) is 1.10. The summed E-state index contributed by atoms with van der Waals surface area (Å²) in [5, 5.41) is 3.44. The Balaban J connectivity index is 2.25. The van der Waals surface area contributed by atoms with Crippen LogP contribution in [-0.4, -0.2) is 36.6 Å². The van der Waals surface area contributed by atoms with Gasteiger partial charge in [-0.15, -0.1) is 0 Å². The summed E-state index contributed by atoms with van der Waals surface area (Å²) >= 11 is 3.52. The zero-order valence-electron chi connectivity index (χ0n) is 10.9. The molecule has 0 bridgehead atoms. The van der Waals surface area contributed by atoms with E-state index in [0.29, 0.717) is 5.92 Å². The highest BCUT2D eigenvalue weighted by molar-refractivity contribution is 9.10. The molecule has 4 heteroatoms. The van der Waals surface area contributed by atoms with Gasteiger partial charge < -0.3 is 5.32 Å². The van der Waals surface area contributed by atoms with Crippen molar-refractivity contribution in [3.05, 3.63) is 28.5 Å². The maximum absolute atomic E-state index is 4.37. The number of nitrogens with one attached hydrogen (secondary N) is 1. The first kappa shape index (κ1) is 14.6. The molecule has 1 N–H and O–H groups in total. The third-order valence-corrected chi connectivity index (χ3v) is 3.20. The normalized spacial score (nSPS) is 11.4. The maximum Gasteiger partial charge on any atom is 0.0685 e. The van der Waals surface area contributed by atoms with Crippen molar-refractivity contribution < 1.29 is 0 Å². The van der Waals surface area contributed by atoms with E-state index >= 15 is 0 Å². The Bertz CT molecular complexity index is 328. The van der Waals surface area contributed by atoms with Crippen LogP contribution in [0, 0.1) is 5.92 Å². The molecule has 96 valence electrons. The predicted molar refractivity (Wildman–Crippen MR) is 76.0 cm³/mol. The Kier molecular flexibility index (Phi) is 6.70. The number of halogens is 1. The molecule has 0 saturated heterocycles. The van der Waals surface area contributed by atoms with Crippen LogP contribution in [0.5, 0.6) is 0 Å². The van der Waals surface area contributed by atoms with Gasteiger partial charge in [0, 0.05) is 30.3 Å². The predicted octanol–water partition coefficient (Wildman–Crippen LogP) is 2.52. The van der Waals surface area contributed by atoms with E-state index in [2.05, 4.69) is 52.0 Å². The van der Waals surface area contributed by atoms with Crippen LogP contribution in [0.25, 0.3) is 0 Å². The topological polar surface area (TPSA) is 28.2 Å². The average molecular weight is 300 g/mol. The second kappa shape index (κ2) is 7.80. The van der Waals surface area contributed by atoms with Crippen molar-refractivity contribution in [1.29, 1.82) is 0 Å². The molecule has 1 aromatic rings. The van der Waals surface area contributed by atoms with Gasteiger partial charge in [0.05, 0.1) is 5.69 Å². The van der Waals surface area contributed by atoms with Gasteiger partial charge in [0.15, 0.2) is 0 Å². The highest BCUT2D eigenvalue weighted by Crippen LogP contribution is 2.14. The van der Waals surface area contributed by atoms with Crippen LogP contribution in [0.1, 0.15) is 19.5 Å². The SMILES string of the molecule is CC(C)CNCCN(C)Cc1ncccc1Br. The van der Waals surface area contributed by atoms with Crippen molar-refractivity contribution in [2.75, 3.05) is 26.7 Å². The Morgan fingerprint density at radius 1 is 1.47 bits per heavy atom. The zero-order valence-corrected chi connectivity index (χ0v) is 12.5. The Morgan fingerprint density at radius 2 is 2.24 bits per heavy atom. The second-order valence-electron chi connectivity index (χ2n) is 4.77. The molecular formula is C13H22BrN3. The van der Waals surface area contributed by atoms with Crippen LogP contribution in [-0.2, 0) is 6.54 Å². The summed E-state index contributed by atoms with van der Waals surface area (Å²) in [5.74, 6) is 0.713. The quantitative estimate of drug-likeness (QED) is 0.784. The lowest BCUT2D eigenvalue weighted by Crippen LogP contribution is -2.31. The van der Waals surface area contributed by atoms with Gasteiger partial charge in [0.1, 0.15) is 0 Å². The van der Waals surface area contributed by atoms with E-state index in [0.717, 1.165) is 36.3 Å². The minimum atomic E-state index is 0.713. The number of pyridine rings is 1. The number of hydrogen-bond acceptors (Lipinski definition) is 3. The van der Waals surface area contributed by atoms with Crippen LogP contribution in [0.4, 0.5) is 0 Å². The first-order valence-electron chi connectivity index (χ1n) is 6.08. The van der Waals surface area contributed by atoms with Crippen molar-refractivity contribution in [3.8, 4) is 0 Å². The Labute approximate surface area is 113 Å². The standard InChI is InChI=1S/C13H22BrN3/c1-11(2)9-15-7-8-17(3)10-13-12(14)5-4-6-16-13/h4-6,11,15H,7-10H2,1-3H3. The minimum absolute atomic E-state index is 0.713. The van der Waals surface area contributed by atoms with Crippen molar-refractivity contribution in [2.24, 2.45) is 5.92 Å². The van der Waals surface area contributed by atoms with Crippen LogP contribution in [0.15, 0.2) is 22.8 Å². The monoisotopic (exact) mass is 299 g/mol. The molecule has 1 rings (SSSR count). The average Bonchev–Trinajstić information content (AvgIpc) is 2.27. The van der Waals surface area contributed by atoms with Gasteiger partial charge in [0.2, 0.25) is 0 Å².